The van der Waals surface area contributed by atoms with E-state index in [4.69, 9.17) is 16.2 Å². The number of amidine groups is 1. The molecule has 1 aromatic carbocycles. The Hall–Kier alpha value is -3.92. The molecule has 178 valence electrons. The average molecular weight is 463 g/mol. The molecular weight excluding hydrogens is 432 g/mol. The average Bonchev–Trinajstić information content (AvgIpc) is 2.84. The van der Waals surface area contributed by atoms with Crippen LogP contribution in [0, 0.1) is 5.92 Å². The first-order chi connectivity index (χ1) is 16.3. The zero-order chi connectivity index (χ0) is 24.7. The Morgan fingerprint density at radius 1 is 1.06 bits per heavy atom. The molecule has 1 amide bonds. The molecule has 1 atom stereocenters. The number of nitrogens with zero attached hydrogens (tertiary/aromatic N) is 5. The predicted octanol–water partition coefficient (Wildman–Crippen LogP) is 2.69. The van der Waals surface area contributed by atoms with Crippen molar-refractivity contribution in [2.45, 2.75) is 26.2 Å². The number of nitrogens with one attached hydrogen (secondary N) is 1. The van der Waals surface area contributed by atoms with Crippen molar-refractivity contribution in [1.82, 2.24) is 19.9 Å². The third-order valence-electron chi connectivity index (χ3n) is 5.88. The summed E-state index contributed by atoms with van der Waals surface area (Å²) in [6.07, 6.45) is 6.21. The van der Waals surface area contributed by atoms with Crippen LogP contribution in [0.1, 0.15) is 36.8 Å². The van der Waals surface area contributed by atoms with E-state index in [0.29, 0.717) is 19.0 Å². The molecule has 34 heavy (non-hydrogen) atoms. The van der Waals surface area contributed by atoms with E-state index in [-0.39, 0.29) is 23.4 Å². The predicted molar refractivity (Wildman–Crippen MR) is 132 cm³/mol. The van der Waals surface area contributed by atoms with Gasteiger partial charge in [-0.25, -0.2) is 19.9 Å². The first-order valence-electron chi connectivity index (χ1n) is 10.9. The zero-order valence-electron chi connectivity index (χ0n) is 19.8. The number of hydrogen-bond donors (Lipinski definition) is 3. The van der Waals surface area contributed by atoms with Gasteiger partial charge in [0, 0.05) is 31.6 Å². The van der Waals surface area contributed by atoms with Gasteiger partial charge in [0.1, 0.15) is 17.3 Å². The third-order valence-corrected chi connectivity index (χ3v) is 5.88. The Labute approximate surface area is 198 Å². The van der Waals surface area contributed by atoms with Crippen molar-refractivity contribution in [2.24, 2.45) is 16.6 Å². The van der Waals surface area contributed by atoms with Gasteiger partial charge in [0.25, 0.3) is 5.91 Å². The van der Waals surface area contributed by atoms with Crippen LogP contribution in [0.3, 0.4) is 0 Å². The number of aliphatic imine (C=N–C) groups is 1. The molecule has 1 unspecified atom stereocenters. The van der Waals surface area contributed by atoms with Crippen molar-refractivity contribution in [3.63, 3.8) is 0 Å². The highest BCUT2D eigenvalue weighted by Crippen LogP contribution is 2.34. The number of anilines is 2. The van der Waals surface area contributed by atoms with Crippen LogP contribution in [-0.4, -0.2) is 51.9 Å². The lowest BCUT2D eigenvalue weighted by Gasteiger charge is -2.33. The third kappa shape index (κ3) is 5.52. The van der Waals surface area contributed by atoms with Gasteiger partial charge in [0.2, 0.25) is 5.95 Å². The van der Waals surface area contributed by atoms with Crippen LogP contribution in [0.5, 0.6) is 0 Å². The molecule has 3 rings (SSSR count). The second-order valence-corrected chi connectivity index (χ2v) is 8.27. The molecule has 10 nitrogen and oxygen atoms in total. The minimum atomic E-state index is -0.680. The summed E-state index contributed by atoms with van der Waals surface area (Å²) in [5.41, 5.74) is 14.2. The molecule has 5 N–H and O–H groups in total. The lowest BCUT2D eigenvalue weighted by molar-refractivity contribution is 0.0996. The van der Waals surface area contributed by atoms with Gasteiger partial charge < -0.3 is 21.5 Å². The summed E-state index contributed by atoms with van der Waals surface area (Å²) in [6.45, 7) is 7.16. The van der Waals surface area contributed by atoms with E-state index in [1.54, 1.807) is 19.5 Å². The van der Waals surface area contributed by atoms with Gasteiger partial charge in [0.05, 0.1) is 24.4 Å². The monoisotopic (exact) mass is 462 g/mol. The van der Waals surface area contributed by atoms with Crippen LogP contribution >= 0.6 is 0 Å². The standard InChI is InChI=1S/C24H30N8O2/c1-15(2)24(3,18-7-5-16(6-8-18)17-11-30-23(26)31-12-17)22(25)32-21(33)19-13-29-20(14-28-19)27-9-10-34-4/h5-8,11-15H,9-10H2,1-4H3,(H,27,29)(H2,25,32,33)(H2,26,30,31). The van der Waals surface area contributed by atoms with Crippen LogP contribution in [0.15, 0.2) is 54.0 Å². The molecule has 0 aliphatic rings. The smallest absolute Gasteiger partial charge is 0.298 e. The number of carbonyl (C=O) groups excluding carboxylic acids is 1. The van der Waals surface area contributed by atoms with Crippen LogP contribution in [0.2, 0.25) is 0 Å². The van der Waals surface area contributed by atoms with Gasteiger partial charge in [-0.05, 0) is 24.0 Å². The number of rotatable bonds is 9. The second kappa shape index (κ2) is 10.8. The Kier molecular flexibility index (Phi) is 7.85. The van der Waals surface area contributed by atoms with Gasteiger partial charge in [-0.1, -0.05) is 38.1 Å². The number of carbonyl (C=O) groups is 1. The van der Waals surface area contributed by atoms with Crippen molar-refractivity contribution in [2.75, 3.05) is 31.3 Å². The number of hydrogen-bond acceptors (Lipinski definition) is 8. The van der Waals surface area contributed by atoms with Crippen molar-refractivity contribution < 1.29 is 9.53 Å². The summed E-state index contributed by atoms with van der Waals surface area (Å²) in [5.74, 6) is 0.497. The molecule has 3 aromatic rings. The summed E-state index contributed by atoms with van der Waals surface area (Å²) < 4.78 is 4.98. The molecule has 2 aromatic heterocycles. The van der Waals surface area contributed by atoms with Crippen LogP contribution in [-0.2, 0) is 10.2 Å². The number of amides is 1. The molecular formula is C24H30N8O2. The number of nitrogens with two attached hydrogens (primary N) is 2. The molecule has 0 bridgehead atoms. The lowest BCUT2D eigenvalue weighted by Crippen LogP contribution is -2.43. The minimum Gasteiger partial charge on any atom is -0.386 e. The number of nitrogen functional groups attached to an aromatic ring is 1. The topological polar surface area (TPSA) is 154 Å². The molecule has 0 saturated heterocycles. The summed E-state index contributed by atoms with van der Waals surface area (Å²) in [7, 11) is 1.62. The van der Waals surface area contributed by atoms with Gasteiger partial charge >= 0.3 is 0 Å². The van der Waals surface area contributed by atoms with E-state index in [9.17, 15) is 4.79 Å². The molecule has 0 radical (unpaired) electrons. The van der Waals surface area contributed by atoms with Crippen molar-refractivity contribution >= 4 is 23.5 Å². The highest BCUT2D eigenvalue weighted by molar-refractivity contribution is 6.05. The number of ether oxygens (including phenoxy) is 1. The second-order valence-electron chi connectivity index (χ2n) is 8.27. The molecule has 0 fully saturated rings. The number of benzene rings is 1. The minimum absolute atomic E-state index is 0.0631. The van der Waals surface area contributed by atoms with Crippen LogP contribution in [0.4, 0.5) is 11.8 Å². The van der Waals surface area contributed by atoms with E-state index < -0.39 is 11.3 Å². The summed E-state index contributed by atoms with van der Waals surface area (Å²) in [5, 5.41) is 3.05. The molecule has 0 spiro atoms. The first kappa shape index (κ1) is 24.7. The fourth-order valence-corrected chi connectivity index (χ4v) is 3.37. The van der Waals surface area contributed by atoms with Gasteiger partial charge in [-0.3, -0.25) is 4.79 Å². The van der Waals surface area contributed by atoms with Gasteiger partial charge in [-0.15, -0.1) is 0 Å². The highest BCUT2D eigenvalue weighted by atomic mass is 16.5. The Balaban J connectivity index is 1.82. The first-order valence-corrected chi connectivity index (χ1v) is 10.9. The molecule has 0 aliphatic heterocycles. The van der Waals surface area contributed by atoms with Crippen LogP contribution < -0.4 is 16.8 Å². The van der Waals surface area contributed by atoms with Crippen molar-refractivity contribution in [3.8, 4) is 11.1 Å². The Morgan fingerprint density at radius 2 is 1.74 bits per heavy atom. The fraction of sp³-hybridized carbons (Fsp3) is 0.333. The molecule has 10 heteroatoms. The zero-order valence-corrected chi connectivity index (χ0v) is 19.8. The Morgan fingerprint density at radius 3 is 2.29 bits per heavy atom. The fourth-order valence-electron chi connectivity index (χ4n) is 3.37. The van der Waals surface area contributed by atoms with E-state index in [1.807, 2.05) is 45.0 Å². The van der Waals surface area contributed by atoms with Gasteiger partial charge in [-0.2, -0.15) is 4.99 Å². The molecule has 2 heterocycles. The summed E-state index contributed by atoms with van der Waals surface area (Å²) in [6, 6.07) is 7.86. The van der Waals surface area contributed by atoms with Crippen molar-refractivity contribution in [3.05, 3.63) is 60.3 Å². The maximum absolute atomic E-state index is 12.8. The van der Waals surface area contributed by atoms with Crippen molar-refractivity contribution in [1.29, 1.82) is 0 Å². The van der Waals surface area contributed by atoms with E-state index in [1.165, 1.54) is 12.4 Å². The van der Waals surface area contributed by atoms with E-state index in [0.717, 1.165) is 16.7 Å². The SMILES string of the molecule is COCCNc1cnc(C(=O)N=C(N)C(C)(c2ccc(-c3cnc(N)nc3)cc2)C(C)C)cn1. The number of aromatic nitrogens is 4. The largest absolute Gasteiger partial charge is 0.386 e. The lowest BCUT2D eigenvalue weighted by atomic mass is 9.72. The van der Waals surface area contributed by atoms with E-state index >= 15 is 0 Å². The van der Waals surface area contributed by atoms with Gasteiger partial charge in [0.15, 0.2) is 0 Å². The molecule has 0 aliphatic carbocycles. The number of methoxy groups -OCH3 is 1. The van der Waals surface area contributed by atoms with E-state index in [2.05, 4.69) is 30.2 Å². The maximum Gasteiger partial charge on any atom is 0.298 e. The summed E-state index contributed by atoms with van der Waals surface area (Å²) in [4.78, 5) is 33.4. The highest BCUT2D eigenvalue weighted by Gasteiger charge is 2.35. The Bertz CT molecular complexity index is 1130. The quantitative estimate of drug-likeness (QED) is 0.247. The summed E-state index contributed by atoms with van der Waals surface area (Å²) >= 11 is 0. The van der Waals surface area contributed by atoms with Crippen LogP contribution in [0.25, 0.3) is 11.1 Å². The maximum atomic E-state index is 12.8. The normalized spacial score (nSPS) is 13.5. The molecule has 0 saturated carbocycles.